The molecule has 0 spiro atoms. The number of tetrazole rings is 1. The monoisotopic (exact) mass is 439 g/mol. The minimum atomic E-state index is -0.683. The van der Waals surface area contributed by atoms with E-state index in [1.54, 1.807) is 24.3 Å². The topological polar surface area (TPSA) is 99.0 Å². The van der Waals surface area contributed by atoms with Crippen molar-refractivity contribution in [2.45, 2.75) is 6.04 Å². The zero-order valence-electron chi connectivity index (χ0n) is 14.7. The molecule has 2 heterocycles. The predicted octanol–water partition coefficient (Wildman–Crippen LogP) is 2.76. The molecule has 28 heavy (non-hydrogen) atoms. The highest BCUT2D eigenvalue weighted by Crippen LogP contribution is 2.36. The first-order chi connectivity index (χ1) is 13.6. The number of halogens is 1. The molecule has 1 aromatic heterocycles. The molecule has 1 N–H and O–H groups in total. The third kappa shape index (κ3) is 3.09. The molecule has 0 fully saturated rings. The Kier molecular flexibility index (Phi) is 4.74. The summed E-state index contributed by atoms with van der Waals surface area (Å²) in [6.07, 6.45) is 0. The molecular formula is C19H14BrN5O3. The number of hydrogen-bond acceptors (Lipinski definition) is 7. The molecule has 140 valence electrons. The minimum Gasteiger partial charge on any atom is -0.464 e. The maximum Gasteiger partial charge on any atom is 0.355 e. The Balaban J connectivity index is 1.94. The second-order valence-corrected chi connectivity index (χ2v) is 6.92. The first-order valence-electron chi connectivity index (χ1n) is 8.32. The van der Waals surface area contributed by atoms with Gasteiger partial charge in [-0.1, -0.05) is 51.4 Å². The van der Waals surface area contributed by atoms with Crippen LogP contribution in [0.5, 0.6) is 0 Å². The van der Waals surface area contributed by atoms with Crippen LogP contribution < -0.4 is 5.32 Å². The van der Waals surface area contributed by atoms with Crippen LogP contribution in [0.15, 0.2) is 70.3 Å². The normalized spacial score (nSPS) is 15.6. The Bertz CT molecular complexity index is 1080. The Labute approximate surface area is 168 Å². The van der Waals surface area contributed by atoms with E-state index in [1.807, 2.05) is 30.3 Å². The van der Waals surface area contributed by atoms with Crippen LogP contribution in [0.1, 0.15) is 22.0 Å². The van der Waals surface area contributed by atoms with E-state index in [1.165, 1.54) is 11.8 Å². The number of nitrogens with zero attached hydrogens (tertiary/aromatic N) is 4. The number of esters is 1. The lowest BCUT2D eigenvalue weighted by Gasteiger charge is -2.28. The molecule has 1 aliphatic rings. The minimum absolute atomic E-state index is 0.0200. The van der Waals surface area contributed by atoms with Crippen LogP contribution in [0.2, 0.25) is 0 Å². The number of rotatable bonds is 4. The number of benzene rings is 2. The lowest BCUT2D eigenvalue weighted by atomic mass is 9.89. The van der Waals surface area contributed by atoms with Crippen molar-refractivity contribution in [3.63, 3.8) is 0 Å². The van der Waals surface area contributed by atoms with Gasteiger partial charge in [-0.15, -0.1) is 0 Å². The fourth-order valence-electron chi connectivity index (χ4n) is 3.09. The third-order valence-corrected chi connectivity index (χ3v) is 4.90. The molecule has 0 saturated heterocycles. The average molecular weight is 440 g/mol. The molecule has 8 nitrogen and oxygen atoms in total. The van der Waals surface area contributed by atoms with Crippen molar-refractivity contribution in [2.75, 3.05) is 12.4 Å². The SMILES string of the molecule is COC(=O)C1=C(C(=O)c2ccc(Br)cc2)[C@H](c2ccccc2)n2nnnc2N1. The van der Waals surface area contributed by atoms with Crippen molar-refractivity contribution in [3.8, 4) is 0 Å². The highest BCUT2D eigenvalue weighted by atomic mass is 79.9. The van der Waals surface area contributed by atoms with Gasteiger partial charge >= 0.3 is 5.97 Å². The van der Waals surface area contributed by atoms with Gasteiger partial charge in [-0.05, 0) is 40.3 Å². The van der Waals surface area contributed by atoms with Crippen LogP contribution in [-0.4, -0.2) is 39.1 Å². The van der Waals surface area contributed by atoms with Gasteiger partial charge in [0, 0.05) is 10.0 Å². The van der Waals surface area contributed by atoms with Crippen LogP contribution in [0, 0.1) is 0 Å². The Hall–Kier alpha value is -3.33. The number of nitrogens with one attached hydrogen (secondary N) is 1. The van der Waals surface area contributed by atoms with Gasteiger partial charge < -0.3 is 10.1 Å². The highest BCUT2D eigenvalue weighted by molar-refractivity contribution is 9.10. The first kappa shape index (κ1) is 18.1. The van der Waals surface area contributed by atoms with Crippen LogP contribution in [-0.2, 0) is 9.53 Å². The summed E-state index contributed by atoms with van der Waals surface area (Å²) in [4.78, 5) is 25.9. The lowest BCUT2D eigenvalue weighted by molar-refractivity contribution is -0.136. The number of allylic oxidation sites excluding steroid dienone is 1. The summed E-state index contributed by atoms with van der Waals surface area (Å²) in [5.41, 5.74) is 1.42. The van der Waals surface area contributed by atoms with E-state index in [4.69, 9.17) is 4.74 Å². The summed E-state index contributed by atoms with van der Waals surface area (Å²) >= 11 is 3.36. The summed E-state index contributed by atoms with van der Waals surface area (Å²) in [6.45, 7) is 0. The second-order valence-electron chi connectivity index (χ2n) is 6.00. The Morgan fingerprint density at radius 1 is 1.11 bits per heavy atom. The second kappa shape index (κ2) is 7.35. The third-order valence-electron chi connectivity index (χ3n) is 4.37. The smallest absolute Gasteiger partial charge is 0.355 e. The molecule has 3 aromatic rings. The van der Waals surface area contributed by atoms with Crippen LogP contribution in [0.3, 0.4) is 0 Å². The van der Waals surface area contributed by atoms with Gasteiger partial charge in [-0.2, -0.15) is 4.68 Å². The van der Waals surface area contributed by atoms with Gasteiger partial charge in [-0.25, -0.2) is 4.79 Å². The number of carbonyl (C=O) groups excluding carboxylic acids is 2. The summed E-state index contributed by atoms with van der Waals surface area (Å²) in [5, 5.41) is 14.5. The van der Waals surface area contributed by atoms with Gasteiger partial charge in [0.1, 0.15) is 11.7 Å². The quantitative estimate of drug-likeness (QED) is 0.492. The molecule has 0 aliphatic carbocycles. The van der Waals surface area contributed by atoms with Crippen LogP contribution in [0.25, 0.3) is 0 Å². The Morgan fingerprint density at radius 2 is 1.82 bits per heavy atom. The number of ether oxygens (including phenoxy) is 1. The molecule has 9 heteroatoms. The largest absolute Gasteiger partial charge is 0.464 e. The molecule has 1 atom stereocenters. The zero-order valence-corrected chi connectivity index (χ0v) is 16.3. The van der Waals surface area contributed by atoms with E-state index in [-0.39, 0.29) is 23.0 Å². The number of hydrogen-bond donors (Lipinski definition) is 1. The molecule has 4 rings (SSSR count). The standard InChI is InChI=1S/C19H14BrN5O3/c1-28-18(27)15-14(17(26)12-7-9-13(20)10-8-12)16(11-5-3-2-4-6-11)25-19(21-15)22-23-24-25/h2-10,16H,1H3,(H,21,22,24)/t16-/m0/s1. The van der Waals surface area contributed by atoms with E-state index in [0.717, 1.165) is 10.0 Å². The average Bonchev–Trinajstić information content (AvgIpc) is 3.21. The van der Waals surface area contributed by atoms with Crippen molar-refractivity contribution in [2.24, 2.45) is 0 Å². The number of anilines is 1. The number of carbonyl (C=O) groups is 2. The first-order valence-corrected chi connectivity index (χ1v) is 9.12. The molecule has 0 unspecified atom stereocenters. The van der Waals surface area contributed by atoms with Gasteiger partial charge in [0.15, 0.2) is 5.78 Å². The summed E-state index contributed by atoms with van der Waals surface area (Å²) < 4.78 is 7.23. The summed E-state index contributed by atoms with van der Waals surface area (Å²) in [7, 11) is 1.26. The van der Waals surface area contributed by atoms with Crippen LogP contribution in [0.4, 0.5) is 5.95 Å². The fraction of sp³-hybridized carbons (Fsp3) is 0.105. The highest BCUT2D eigenvalue weighted by Gasteiger charge is 2.38. The van der Waals surface area contributed by atoms with Crippen molar-refractivity contribution in [1.82, 2.24) is 20.2 Å². The zero-order chi connectivity index (χ0) is 19.7. The van der Waals surface area contributed by atoms with E-state index in [2.05, 4.69) is 36.8 Å². The maximum absolute atomic E-state index is 13.5. The van der Waals surface area contributed by atoms with Gasteiger partial charge in [0.05, 0.1) is 12.7 Å². The van der Waals surface area contributed by atoms with Crippen LogP contribution >= 0.6 is 15.9 Å². The number of methoxy groups -OCH3 is 1. The number of aromatic nitrogens is 4. The molecule has 1 aliphatic heterocycles. The molecule has 2 aromatic carbocycles. The van der Waals surface area contributed by atoms with E-state index >= 15 is 0 Å². The van der Waals surface area contributed by atoms with Crippen molar-refractivity contribution in [1.29, 1.82) is 0 Å². The van der Waals surface area contributed by atoms with E-state index in [9.17, 15) is 9.59 Å². The summed E-state index contributed by atoms with van der Waals surface area (Å²) in [5.74, 6) is -0.743. The lowest BCUT2D eigenvalue weighted by Crippen LogP contribution is -2.32. The Morgan fingerprint density at radius 3 is 2.50 bits per heavy atom. The van der Waals surface area contributed by atoms with Crippen molar-refractivity contribution < 1.29 is 14.3 Å². The molecule has 0 bridgehead atoms. The van der Waals surface area contributed by atoms with Crippen molar-refractivity contribution >= 4 is 33.6 Å². The number of fused-ring (bicyclic) bond motifs is 1. The fourth-order valence-corrected chi connectivity index (χ4v) is 3.35. The van der Waals surface area contributed by atoms with Gasteiger partial charge in [0.2, 0.25) is 5.95 Å². The molecule has 0 amide bonds. The van der Waals surface area contributed by atoms with Gasteiger partial charge in [-0.3, -0.25) is 4.79 Å². The maximum atomic E-state index is 13.5. The summed E-state index contributed by atoms with van der Waals surface area (Å²) in [6, 6.07) is 15.5. The number of Topliss-reactive ketones (excluding diaryl/α,β-unsaturated/α-hetero) is 1. The number of ketones is 1. The molecule has 0 radical (unpaired) electrons. The predicted molar refractivity (Wildman–Crippen MR) is 104 cm³/mol. The van der Waals surface area contributed by atoms with Crippen molar-refractivity contribution in [3.05, 3.63) is 81.5 Å². The molecular weight excluding hydrogens is 426 g/mol. The van der Waals surface area contributed by atoms with E-state index in [0.29, 0.717) is 5.56 Å². The van der Waals surface area contributed by atoms with Gasteiger partial charge in [0.25, 0.3) is 0 Å². The molecule has 0 saturated carbocycles. The van der Waals surface area contributed by atoms with E-state index < -0.39 is 12.0 Å².